The Morgan fingerprint density at radius 3 is 2.93 bits per heavy atom. The van der Waals surface area contributed by atoms with E-state index in [4.69, 9.17) is 0 Å². The van der Waals surface area contributed by atoms with Crippen LogP contribution < -0.4 is 0 Å². The topological polar surface area (TPSA) is 17.1 Å². The lowest BCUT2D eigenvalue weighted by Gasteiger charge is -2.14. The molecule has 1 aromatic rings. The van der Waals surface area contributed by atoms with Gasteiger partial charge in [-0.05, 0) is 30.9 Å². The molecule has 1 heteroatoms. The molecule has 0 unspecified atom stereocenters. The van der Waals surface area contributed by atoms with Gasteiger partial charge < -0.3 is 0 Å². The maximum Gasteiger partial charge on any atom is 0.163 e. The molecule has 1 nitrogen and oxygen atoms in total. The normalized spacial score (nSPS) is 15.9. The van der Waals surface area contributed by atoms with E-state index in [0.29, 0.717) is 5.78 Å². The van der Waals surface area contributed by atoms with Gasteiger partial charge in [0.25, 0.3) is 0 Å². The van der Waals surface area contributed by atoms with Gasteiger partial charge in [-0.3, -0.25) is 4.79 Å². The number of hydrogen-bond donors (Lipinski definition) is 0. The summed E-state index contributed by atoms with van der Waals surface area (Å²) in [5.41, 5.74) is 3.35. The molecule has 0 bridgehead atoms. The van der Waals surface area contributed by atoms with E-state index in [0.717, 1.165) is 24.8 Å². The second-order valence-electron chi connectivity index (χ2n) is 3.69. The number of hydrogen-bond acceptors (Lipinski definition) is 1. The predicted molar refractivity (Wildman–Crippen MR) is 58.4 cm³/mol. The van der Waals surface area contributed by atoms with Gasteiger partial charge in [0.15, 0.2) is 5.78 Å². The zero-order valence-electron chi connectivity index (χ0n) is 8.42. The maximum atomic E-state index is 11.5. The number of benzene rings is 1. The van der Waals surface area contributed by atoms with Gasteiger partial charge in [0.1, 0.15) is 0 Å². The van der Waals surface area contributed by atoms with Crippen molar-refractivity contribution >= 4 is 11.9 Å². The Hall–Kier alpha value is -1.37. The molecule has 72 valence electrons. The van der Waals surface area contributed by atoms with Crippen molar-refractivity contribution in [3.05, 3.63) is 41.0 Å². The summed E-state index contributed by atoms with van der Waals surface area (Å²) in [4.78, 5) is 11.5. The molecule has 0 saturated carbocycles. The van der Waals surface area contributed by atoms with Crippen LogP contribution >= 0.6 is 0 Å². The van der Waals surface area contributed by atoms with Crippen molar-refractivity contribution in [3.63, 3.8) is 0 Å². The first-order chi connectivity index (χ1) is 6.81. The zero-order chi connectivity index (χ0) is 9.97. The Labute approximate surface area is 84.5 Å². The largest absolute Gasteiger partial charge is 0.294 e. The van der Waals surface area contributed by atoms with Gasteiger partial charge in [-0.2, -0.15) is 0 Å². The van der Waals surface area contributed by atoms with Crippen molar-refractivity contribution < 1.29 is 4.79 Å². The van der Waals surface area contributed by atoms with Crippen molar-refractivity contribution in [3.8, 4) is 0 Å². The molecule has 14 heavy (non-hydrogen) atoms. The molecule has 1 aliphatic rings. The molecule has 0 heterocycles. The molecule has 2 rings (SSSR count). The molecule has 0 aliphatic heterocycles. The summed E-state index contributed by atoms with van der Waals surface area (Å²) < 4.78 is 0. The van der Waals surface area contributed by atoms with Crippen molar-refractivity contribution in [1.82, 2.24) is 0 Å². The summed E-state index contributed by atoms with van der Waals surface area (Å²) in [5, 5.41) is 0. The van der Waals surface area contributed by atoms with Gasteiger partial charge in [0.05, 0.1) is 0 Å². The Balaban J connectivity index is 2.43. The van der Waals surface area contributed by atoms with Gasteiger partial charge in [-0.1, -0.05) is 30.4 Å². The van der Waals surface area contributed by atoms with E-state index >= 15 is 0 Å². The van der Waals surface area contributed by atoms with Gasteiger partial charge in [-0.15, -0.1) is 0 Å². The summed E-state index contributed by atoms with van der Waals surface area (Å²) >= 11 is 0. The minimum atomic E-state index is 0.304. The van der Waals surface area contributed by atoms with Gasteiger partial charge >= 0.3 is 0 Å². The quantitative estimate of drug-likeness (QED) is 0.658. The lowest BCUT2D eigenvalue weighted by atomic mass is 9.89. The maximum absolute atomic E-state index is 11.5. The van der Waals surface area contributed by atoms with Crippen LogP contribution in [0.4, 0.5) is 0 Å². The predicted octanol–water partition coefficient (Wildman–Crippen LogP) is 3.24. The smallest absolute Gasteiger partial charge is 0.163 e. The molecule has 0 aromatic heterocycles. The molecule has 0 radical (unpaired) electrons. The molecule has 0 saturated heterocycles. The molecular weight excluding hydrogens is 172 g/mol. The van der Waals surface area contributed by atoms with E-state index in [9.17, 15) is 4.79 Å². The fourth-order valence-electron chi connectivity index (χ4n) is 1.96. The van der Waals surface area contributed by atoms with Gasteiger partial charge in [-0.25, -0.2) is 0 Å². The third kappa shape index (κ3) is 1.63. The average molecular weight is 186 g/mol. The second kappa shape index (κ2) is 3.79. The third-order valence-electron chi connectivity index (χ3n) is 2.64. The molecule has 0 spiro atoms. The van der Waals surface area contributed by atoms with Crippen LogP contribution in [0.1, 0.15) is 41.3 Å². The number of ketones is 1. The SMILES string of the molecule is C/C=C/c1ccc2c(c1)CCCC2=O. The Bertz CT molecular complexity index is 388. The van der Waals surface area contributed by atoms with Crippen molar-refractivity contribution in [2.75, 3.05) is 0 Å². The number of carbonyl (C=O) groups excluding carboxylic acids is 1. The summed E-state index contributed by atoms with van der Waals surface area (Å²) in [7, 11) is 0. The Morgan fingerprint density at radius 2 is 2.14 bits per heavy atom. The summed E-state index contributed by atoms with van der Waals surface area (Å²) in [6.07, 6.45) is 6.86. The third-order valence-corrected chi connectivity index (χ3v) is 2.64. The second-order valence-corrected chi connectivity index (χ2v) is 3.69. The summed E-state index contributed by atoms with van der Waals surface area (Å²) in [6, 6.07) is 6.11. The Kier molecular flexibility index (Phi) is 2.49. The number of carbonyl (C=O) groups is 1. The summed E-state index contributed by atoms with van der Waals surface area (Å²) in [5.74, 6) is 0.304. The van der Waals surface area contributed by atoms with Crippen LogP contribution in [-0.4, -0.2) is 5.78 Å². The van der Waals surface area contributed by atoms with E-state index < -0.39 is 0 Å². The van der Waals surface area contributed by atoms with E-state index in [2.05, 4.69) is 12.1 Å². The van der Waals surface area contributed by atoms with Crippen molar-refractivity contribution in [2.45, 2.75) is 26.2 Å². The first-order valence-electron chi connectivity index (χ1n) is 5.10. The number of aryl methyl sites for hydroxylation is 1. The molecule has 0 amide bonds. The number of Topliss-reactive ketones (excluding diaryl/α,β-unsaturated/α-hetero) is 1. The highest BCUT2D eigenvalue weighted by atomic mass is 16.1. The standard InChI is InChI=1S/C13H14O/c1-2-4-10-7-8-12-11(9-10)5-3-6-13(12)14/h2,4,7-9H,3,5-6H2,1H3/b4-2+. The van der Waals surface area contributed by atoms with E-state index in [-0.39, 0.29) is 0 Å². The number of rotatable bonds is 1. The van der Waals surface area contributed by atoms with Crippen molar-refractivity contribution in [1.29, 1.82) is 0 Å². The molecule has 1 aliphatic carbocycles. The molecule has 1 aromatic carbocycles. The molecule has 0 fully saturated rings. The van der Waals surface area contributed by atoms with Crippen LogP contribution in [0.25, 0.3) is 6.08 Å². The monoisotopic (exact) mass is 186 g/mol. The van der Waals surface area contributed by atoms with Crippen molar-refractivity contribution in [2.24, 2.45) is 0 Å². The first-order valence-corrected chi connectivity index (χ1v) is 5.10. The molecule has 0 N–H and O–H groups in total. The zero-order valence-corrected chi connectivity index (χ0v) is 8.42. The molecular formula is C13H14O. The fraction of sp³-hybridized carbons (Fsp3) is 0.308. The van der Waals surface area contributed by atoms with Crippen LogP contribution in [0.2, 0.25) is 0 Å². The van der Waals surface area contributed by atoms with E-state index in [1.54, 1.807) is 0 Å². The fourth-order valence-corrected chi connectivity index (χ4v) is 1.96. The highest BCUT2D eigenvalue weighted by Crippen LogP contribution is 2.22. The van der Waals surface area contributed by atoms with Gasteiger partial charge in [0, 0.05) is 12.0 Å². The highest BCUT2D eigenvalue weighted by molar-refractivity contribution is 5.98. The van der Waals surface area contributed by atoms with E-state index in [1.165, 1.54) is 11.1 Å². The molecule has 0 atom stereocenters. The summed E-state index contributed by atoms with van der Waals surface area (Å²) in [6.45, 7) is 2.00. The number of allylic oxidation sites excluding steroid dienone is 1. The highest BCUT2D eigenvalue weighted by Gasteiger charge is 2.16. The minimum absolute atomic E-state index is 0.304. The van der Waals surface area contributed by atoms with Crippen LogP contribution in [0.3, 0.4) is 0 Å². The lowest BCUT2D eigenvalue weighted by molar-refractivity contribution is 0.0972. The van der Waals surface area contributed by atoms with Crippen LogP contribution in [0, 0.1) is 0 Å². The Morgan fingerprint density at radius 1 is 1.29 bits per heavy atom. The van der Waals surface area contributed by atoms with Gasteiger partial charge in [0.2, 0.25) is 0 Å². The van der Waals surface area contributed by atoms with Crippen LogP contribution in [-0.2, 0) is 6.42 Å². The number of fused-ring (bicyclic) bond motifs is 1. The average Bonchev–Trinajstić information content (AvgIpc) is 2.18. The van der Waals surface area contributed by atoms with Crippen LogP contribution in [0.15, 0.2) is 24.3 Å². The van der Waals surface area contributed by atoms with Crippen LogP contribution in [0.5, 0.6) is 0 Å². The minimum Gasteiger partial charge on any atom is -0.294 e. The lowest BCUT2D eigenvalue weighted by Crippen LogP contribution is -2.10. The van der Waals surface area contributed by atoms with E-state index in [1.807, 2.05) is 25.1 Å². The first kappa shape index (κ1) is 9.20.